The molecule has 3 nitrogen and oxygen atoms in total. The second-order valence-electron chi connectivity index (χ2n) is 9.13. The van der Waals surface area contributed by atoms with E-state index < -0.39 is 8.25 Å². The van der Waals surface area contributed by atoms with Gasteiger partial charge in [0.05, 0.1) is 12.2 Å². The lowest BCUT2D eigenvalue weighted by atomic mass is 10.0. The molecular formula is C26H55O3P. The number of rotatable bonds is 24. The fraction of sp³-hybridized carbons (Fsp3) is 1.00. The van der Waals surface area contributed by atoms with Crippen LogP contribution in [0.3, 0.4) is 0 Å². The van der Waals surface area contributed by atoms with Gasteiger partial charge in [0, 0.05) is 0 Å². The Labute approximate surface area is 190 Å². The Morgan fingerprint density at radius 2 is 0.733 bits per heavy atom. The Morgan fingerprint density at radius 1 is 0.467 bits per heavy atom. The summed E-state index contributed by atoms with van der Waals surface area (Å²) in [6, 6.07) is 0. The molecule has 30 heavy (non-hydrogen) atoms. The number of unbranched alkanes of at least 4 members (excludes halogenated alkanes) is 12. The van der Waals surface area contributed by atoms with E-state index in [1.165, 1.54) is 103 Å². The van der Waals surface area contributed by atoms with Crippen molar-refractivity contribution in [1.82, 2.24) is 0 Å². The van der Waals surface area contributed by atoms with Gasteiger partial charge >= 0.3 is 8.25 Å². The first-order valence-corrected chi connectivity index (χ1v) is 14.8. The Morgan fingerprint density at radius 3 is 0.967 bits per heavy atom. The van der Waals surface area contributed by atoms with Crippen LogP contribution in [0.25, 0.3) is 0 Å². The van der Waals surface area contributed by atoms with Crippen LogP contribution in [0.4, 0.5) is 0 Å². The summed E-state index contributed by atoms with van der Waals surface area (Å²) in [6.45, 7) is 8.97. The molecule has 0 bridgehead atoms. The van der Waals surface area contributed by atoms with Gasteiger partial charge < -0.3 is 9.05 Å². The maximum Gasteiger partial charge on any atom is 0.319 e. The topological polar surface area (TPSA) is 35.5 Å². The second-order valence-corrected chi connectivity index (χ2v) is 10.1. The molecule has 0 saturated carbocycles. The predicted octanol–water partition coefficient (Wildman–Crippen LogP) is 10.0. The summed E-state index contributed by atoms with van der Waals surface area (Å²) in [5.74, 6) is 0. The summed E-state index contributed by atoms with van der Waals surface area (Å²) >= 11 is 0. The molecule has 0 atom stereocenters. The maximum atomic E-state index is 12.8. The average molecular weight is 447 g/mol. The first kappa shape index (κ1) is 30.1. The van der Waals surface area contributed by atoms with E-state index in [1.54, 1.807) is 0 Å². The summed E-state index contributed by atoms with van der Waals surface area (Å²) in [7, 11) is -2.41. The van der Waals surface area contributed by atoms with E-state index in [0.717, 1.165) is 25.7 Å². The first-order chi connectivity index (χ1) is 14.7. The van der Waals surface area contributed by atoms with Gasteiger partial charge in [-0.25, -0.2) is 0 Å². The van der Waals surface area contributed by atoms with Gasteiger partial charge in [0.25, 0.3) is 0 Å². The minimum absolute atomic E-state index is 0.117. The molecule has 0 spiro atoms. The van der Waals surface area contributed by atoms with Crippen molar-refractivity contribution in [3.8, 4) is 0 Å². The highest BCUT2D eigenvalue weighted by molar-refractivity contribution is 7.33. The first-order valence-electron chi connectivity index (χ1n) is 13.5. The minimum Gasteiger partial charge on any atom is -0.307 e. The molecule has 0 unspecified atom stereocenters. The monoisotopic (exact) mass is 446 g/mol. The summed E-state index contributed by atoms with van der Waals surface area (Å²) < 4.78 is 24.8. The summed E-state index contributed by atoms with van der Waals surface area (Å²) in [4.78, 5) is 0. The van der Waals surface area contributed by atoms with Gasteiger partial charge in [0.15, 0.2) is 0 Å². The Balaban J connectivity index is 4.50. The van der Waals surface area contributed by atoms with E-state index in [4.69, 9.17) is 9.05 Å². The van der Waals surface area contributed by atoms with E-state index in [9.17, 15) is 4.57 Å². The van der Waals surface area contributed by atoms with Crippen LogP contribution in [-0.4, -0.2) is 12.2 Å². The largest absolute Gasteiger partial charge is 0.319 e. The molecule has 4 heteroatoms. The molecule has 0 N–H and O–H groups in total. The van der Waals surface area contributed by atoms with Crippen LogP contribution in [0.5, 0.6) is 0 Å². The molecule has 0 aromatic carbocycles. The molecule has 0 fully saturated rings. The Hall–Kier alpha value is 0.150. The van der Waals surface area contributed by atoms with Crippen molar-refractivity contribution >= 4 is 8.25 Å². The van der Waals surface area contributed by atoms with Crippen molar-refractivity contribution < 1.29 is 13.6 Å². The fourth-order valence-electron chi connectivity index (χ4n) is 4.02. The molecule has 182 valence electrons. The molecule has 0 saturated heterocycles. The van der Waals surface area contributed by atoms with Gasteiger partial charge in [0.1, 0.15) is 0 Å². The highest BCUT2D eigenvalue weighted by Gasteiger charge is 2.17. The van der Waals surface area contributed by atoms with Gasteiger partial charge in [-0.05, 0) is 25.7 Å². The Bertz CT molecular complexity index is 306. The third-order valence-corrected chi connectivity index (χ3v) is 7.10. The third-order valence-electron chi connectivity index (χ3n) is 6.04. The second kappa shape index (κ2) is 23.8. The molecule has 0 rings (SSSR count). The minimum atomic E-state index is -2.41. The summed E-state index contributed by atoms with van der Waals surface area (Å²) in [5, 5.41) is 0. The van der Waals surface area contributed by atoms with Gasteiger partial charge in [-0.2, -0.15) is 0 Å². The number of hydrogen-bond acceptors (Lipinski definition) is 3. The van der Waals surface area contributed by atoms with Crippen LogP contribution in [0.2, 0.25) is 0 Å². The van der Waals surface area contributed by atoms with Crippen molar-refractivity contribution in [2.24, 2.45) is 0 Å². The van der Waals surface area contributed by atoms with Crippen LogP contribution in [-0.2, 0) is 13.6 Å². The van der Waals surface area contributed by atoms with Gasteiger partial charge in [-0.1, -0.05) is 130 Å². The van der Waals surface area contributed by atoms with Crippen molar-refractivity contribution in [1.29, 1.82) is 0 Å². The predicted molar refractivity (Wildman–Crippen MR) is 134 cm³/mol. The molecule has 0 aliphatic rings. The molecule has 0 aromatic heterocycles. The smallest absolute Gasteiger partial charge is 0.307 e. The molecular weight excluding hydrogens is 391 g/mol. The standard InChI is InChI=1S/C26H55O3P/c1-5-9-13-17-21-25(22-18-14-10-6-2)28-30(27)29-26(23-19-15-11-7-3)24-20-16-12-8-4/h25-26,30H,5-24H2,1-4H3. The van der Waals surface area contributed by atoms with Gasteiger partial charge in [-0.3, -0.25) is 4.57 Å². The molecule has 0 aliphatic carbocycles. The van der Waals surface area contributed by atoms with Crippen LogP contribution in [0, 0.1) is 0 Å². The van der Waals surface area contributed by atoms with Crippen LogP contribution in [0.1, 0.15) is 156 Å². The van der Waals surface area contributed by atoms with Gasteiger partial charge in [-0.15, -0.1) is 0 Å². The average Bonchev–Trinajstić information content (AvgIpc) is 2.74. The van der Waals surface area contributed by atoms with E-state index in [0.29, 0.717) is 0 Å². The van der Waals surface area contributed by atoms with Crippen molar-refractivity contribution in [2.45, 2.75) is 168 Å². The van der Waals surface area contributed by atoms with Crippen molar-refractivity contribution in [3.63, 3.8) is 0 Å². The lowest BCUT2D eigenvalue weighted by Crippen LogP contribution is -2.13. The zero-order valence-electron chi connectivity index (χ0n) is 21.0. The molecule has 0 aliphatic heterocycles. The highest BCUT2D eigenvalue weighted by atomic mass is 31.1. The lowest BCUT2D eigenvalue weighted by molar-refractivity contribution is 0.106. The van der Waals surface area contributed by atoms with E-state index in [1.807, 2.05) is 0 Å². The molecule has 0 aromatic rings. The van der Waals surface area contributed by atoms with E-state index in [-0.39, 0.29) is 12.2 Å². The van der Waals surface area contributed by atoms with Crippen LogP contribution >= 0.6 is 8.25 Å². The zero-order valence-corrected chi connectivity index (χ0v) is 22.0. The van der Waals surface area contributed by atoms with Crippen molar-refractivity contribution in [3.05, 3.63) is 0 Å². The maximum absolute atomic E-state index is 12.8. The van der Waals surface area contributed by atoms with E-state index >= 15 is 0 Å². The number of hydrogen-bond donors (Lipinski definition) is 0. The Kier molecular flexibility index (Phi) is 23.9. The fourth-order valence-corrected chi connectivity index (χ4v) is 5.09. The SMILES string of the molecule is CCCCCCC(CCCCCC)O[PH](=O)OC(CCCCCC)CCCCCC. The molecule has 0 amide bonds. The summed E-state index contributed by atoms with van der Waals surface area (Å²) in [5.41, 5.74) is 0. The molecule has 0 radical (unpaired) electrons. The van der Waals surface area contributed by atoms with Crippen LogP contribution in [0.15, 0.2) is 0 Å². The highest BCUT2D eigenvalue weighted by Crippen LogP contribution is 2.34. The lowest BCUT2D eigenvalue weighted by Gasteiger charge is -2.21. The van der Waals surface area contributed by atoms with E-state index in [2.05, 4.69) is 27.7 Å². The van der Waals surface area contributed by atoms with Gasteiger partial charge in [0.2, 0.25) is 0 Å². The normalized spacial score (nSPS) is 12.0. The zero-order chi connectivity index (χ0) is 22.3. The van der Waals surface area contributed by atoms with Crippen LogP contribution < -0.4 is 0 Å². The summed E-state index contributed by atoms with van der Waals surface area (Å²) in [6.07, 6.45) is 24.2. The molecule has 0 heterocycles. The third kappa shape index (κ3) is 20.1. The quantitative estimate of drug-likeness (QED) is 0.109. The van der Waals surface area contributed by atoms with Crippen molar-refractivity contribution in [2.75, 3.05) is 0 Å².